The van der Waals surface area contributed by atoms with Crippen LogP contribution in [0.4, 0.5) is 11.5 Å². The second kappa shape index (κ2) is 10.6. The molecule has 2 N–H and O–H groups in total. The molecule has 0 bridgehead atoms. The number of hydrogen-bond donors (Lipinski definition) is 1. The Hall–Kier alpha value is -2.61. The van der Waals surface area contributed by atoms with Crippen LogP contribution in [-0.2, 0) is 13.0 Å². The van der Waals surface area contributed by atoms with Crippen LogP contribution >= 0.6 is 11.6 Å². The Labute approximate surface area is 212 Å². The highest BCUT2D eigenvalue weighted by Crippen LogP contribution is 2.36. The lowest BCUT2D eigenvalue weighted by molar-refractivity contribution is 0.187. The van der Waals surface area contributed by atoms with E-state index >= 15 is 0 Å². The highest BCUT2D eigenvalue weighted by molar-refractivity contribution is 6.36. The van der Waals surface area contributed by atoms with Crippen LogP contribution in [0, 0.1) is 0 Å². The molecule has 2 aliphatic rings. The molecule has 0 amide bonds. The standard InChI is InChI=1S/C27H35ClN6O/c1-3-33(16-13-29)26-21-12-15-34(24-11-5-8-19-7-4-10-22(28)25(19)24)17-23(21)30-27(31-26)35-18-20-9-6-14-32(20)2/h4-5,7-8,10-11,20H,3,6,9,12-18,29H2,1-2H3. The molecule has 0 spiro atoms. The zero-order chi connectivity index (χ0) is 24.4. The SMILES string of the molecule is CCN(CCN)c1nc(OCC2CCCN2C)nc2c1CCN(c1cccc3cccc(Cl)c13)C2. The number of fused-ring (bicyclic) bond motifs is 2. The van der Waals surface area contributed by atoms with Gasteiger partial charge in [-0.15, -0.1) is 0 Å². The summed E-state index contributed by atoms with van der Waals surface area (Å²) < 4.78 is 6.21. The summed E-state index contributed by atoms with van der Waals surface area (Å²) in [7, 11) is 2.16. The Morgan fingerprint density at radius 1 is 1.17 bits per heavy atom. The molecule has 3 aromatic rings. The van der Waals surface area contributed by atoms with Gasteiger partial charge in [0.25, 0.3) is 0 Å². The van der Waals surface area contributed by atoms with Crippen molar-refractivity contribution >= 4 is 33.9 Å². The van der Waals surface area contributed by atoms with Gasteiger partial charge in [-0.1, -0.05) is 35.9 Å². The maximum atomic E-state index is 6.65. The number of anilines is 2. The normalized spacial score (nSPS) is 18.2. The summed E-state index contributed by atoms with van der Waals surface area (Å²) in [6.45, 7) is 7.62. The third kappa shape index (κ3) is 4.90. The molecular formula is C27H35ClN6O. The molecule has 0 aliphatic carbocycles. The van der Waals surface area contributed by atoms with Crippen molar-refractivity contribution < 1.29 is 4.74 Å². The van der Waals surface area contributed by atoms with Crippen LogP contribution in [-0.4, -0.2) is 67.3 Å². The van der Waals surface area contributed by atoms with Gasteiger partial charge >= 0.3 is 6.01 Å². The maximum absolute atomic E-state index is 6.65. The average Bonchev–Trinajstić information content (AvgIpc) is 3.29. The number of rotatable bonds is 8. The smallest absolute Gasteiger partial charge is 0.318 e. The van der Waals surface area contributed by atoms with Gasteiger partial charge in [-0.05, 0) is 57.3 Å². The minimum absolute atomic E-state index is 0.415. The lowest BCUT2D eigenvalue weighted by Gasteiger charge is -2.34. The summed E-state index contributed by atoms with van der Waals surface area (Å²) in [6, 6.07) is 13.3. The van der Waals surface area contributed by atoms with Crippen LogP contribution in [0.3, 0.4) is 0 Å². The lowest BCUT2D eigenvalue weighted by atomic mass is 10.0. The van der Waals surface area contributed by atoms with Gasteiger partial charge in [-0.25, -0.2) is 0 Å². The van der Waals surface area contributed by atoms with E-state index in [2.05, 4.69) is 52.9 Å². The lowest BCUT2D eigenvalue weighted by Crippen LogP contribution is -2.36. The van der Waals surface area contributed by atoms with Crippen LogP contribution in [0.25, 0.3) is 10.8 Å². The predicted molar refractivity (Wildman–Crippen MR) is 144 cm³/mol. The Morgan fingerprint density at radius 3 is 2.74 bits per heavy atom. The number of likely N-dealkylation sites (N-methyl/N-ethyl adjacent to an activating group) is 2. The van der Waals surface area contributed by atoms with Crippen LogP contribution in [0.15, 0.2) is 36.4 Å². The number of nitrogens with two attached hydrogens (primary N) is 1. The first-order valence-corrected chi connectivity index (χ1v) is 13.1. The molecule has 1 unspecified atom stereocenters. The summed E-state index contributed by atoms with van der Waals surface area (Å²) in [6.07, 6.45) is 3.22. The van der Waals surface area contributed by atoms with Gasteiger partial charge in [0.15, 0.2) is 0 Å². The van der Waals surface area contributed by atoms with Gasteiger partial charge in [0, 0.05) is 48.9 Å². The molecule has 1 aromatic heterocycles. The van der Waals surface area contributed by atoms with Gasteiger partial charge in [0.05, 0.1) is 17.3 Å². The van der Waals surface area contributed by atoms with Gasteiger partial charge in [-0.3, -0.25) is 0 Å². The van der Waals surface area contributed by atoms with E-state index in [1.807, 2.05) is 12.1 Å². The summed E-state index contributed by atoms with van der Waals surface area (Å²) in [5.74, 6) is 0.966. The van der Waals surface area contributed by atoms with Gasteiger partial charge < -0.3 is 25.2 Å². The number of halogens is 1. The number of nitrogens with zero attached hydrogens (tertiary/aromatic N) is 5. The zero-order valence-corrected chi connectivity index (χ0v) is 21.5. The first-order valence-electron chi connectivity index (χ1n) is 12.7. The van der Waals surface area contributed by atoms with Crippen molar-refractivity contribution in [2.24, 2.45) is 5.73 Å². The molecule has 7 nitrogen and oxygen atoms in total. The van der Waals surface area contributed by atoms with Crippen molar-refractivity contribution in [2.75, 3.05) is 56.2 Å². The first kappa shape index (κ1) is 24.1. The van der Waals surface area contributed by atoms with Crippen molar-refractivity contribution in [1.29, 1.82) is 0 Å². The second-order valence-corrected chi connectivity index (χ2v) is 9.90. The average molecular weight is 495 g/mol. The van der Waals surface area contributed by atoms with E-state index < -0.39 is 0 Å². The van der Waals surface area contributed by atoms with Crippen LogP contribution < -0.4 is 20.3 Å². The van der Waals surface area contributed by atoms with Crippen molar-refractivity contribution in [2.45, 2.75) is 38.8 Å². The number of hydrogen-bond acceptors (Lipinski definition) is 7. The fourth-order valence-corrected chi connectivity index (χ4v) is 5.67. The number of ether oxygens (including phenoxy) is 1. The predicted octanol–water partition coefficient (Wildman–Crippen LogP) is 4.10. The Kier molecular flexibility index (Phi) is 7.27. The van der Waals surface area contributed by atoms with Crippen molar-refractivity contribution in [3.05, 3.63) is 52.7 Å². The molecular weight excluding hydrogens is 460 g/mol. The monoisotopic (exact) mass is 494 g/mol. The van der Waals surface area contributed by atoms with Crippen LogP contribution in [0.5, 0.6) is 6.01 Å². The van der Waals surface area contributed by atoms with E-state index in [-0.39, 0.29) is 0 Å². The maximum Gasteiger partial charge on any atom is 0.318 e. The van der Waals surface area contributed by atoms with Gasteiger partial charge in [0.1, 0.15) is 12.4 Å². The van der Waals surface area contributed by atoms with Crippen LogP contribution in [0.1, 0.15) is 31.0 Å². The quantitative estimate of drug-likeness (QED) is 0.505. The highest BCUT2D eigenvalue weighted by Gasteiger charge is 2.27. The largest absolute Gasteiger partial charge is 0.462 e. The molecule has 1 fully saturated rings. The number of aromatic nitrogens is 2. The summed E-state index contributed by atoms with van der Waals surface area (Å²) in [4.78, 5) is 16.8. The molecule has 1 atom stereocenters. The summed E-state index contributed by atoms with van der Waals surface area (Å²) in [5.41, 5.74) is 9.30. The zero-order valence-electron chi connectivity index (χ0n) is 20.7. The second-order valence-electron chi connectivity index (χ2n) is 9.50. The molecule has 8 heteroatoms. The number of benzene rings is 2. The van der Waals surface area contributed by atoms with Crippen molar-refractivity contribution in [3.8, 4) is 6.01 Å². The van der Waals surface area contributed by atoms with E-state index in [0.29, 0.717) is 31.7 Å². The molecule has 0 saturated carbocycles. The molecule has 2 aromatic carbocycles. The van der Waals surface area contributed by atoms with Gasteiger partial charge in [0.2, 0.25) is 0 Å². The number of likely N-dealkylation sites (tertiary alicyclic amines) is 1. The molecule has 186 valence electrons. The minimum Gasteiger partial charge on any atom is -0.462 e. The third-order valence-electron chi connectivity index (χ3n) is 7.35. The topological polar surface area (TPSA) is 70.7 Å². The molecule has 5 rings (SSSR count). The van der Waals surface area contributed by atoms with Crippen molar-refractivity contribution in [3.63, 3.8) is 0 Å². The molecule has 0 radical (unpaired) electrons. The fourth-order valence-electron chi connectivity index (χ4n) is 5.39. The van der Waals surface area contributed by atoms with E-state index in [1.165, 1.54) is 12.0 Å². The molecule has 35 heavy (non-hydrogen) atoms. The first-order chi connectivity index (χ1) is 17.1. The fraction of sp³-hybridized carbons (Fsp3) is 0.481. The highest BCUT2D eigenvalue weighted by atomic mass is 35.5. The van der Waals surface area contributed by atoms with Crippen LogP contribution in [0.2, 0.25) is 5.02 Å². The van der Waals surface area contributed by atoms with E-state index in [0.717, 1.165) is 72.0 Å². The molecule has 2 aliphatic heterocycles. The Bertz CT molecular complexity index is 1180. The van der Waals surface area contributed by atoms with E-state index in [4.69, 9.17) is 32.0 Å². The third-order valence-corrected chi connectivity index (χ3v) is 7.67. The Morgan fingerprint density at radius 2 is 2.00 bits per heavy atom. The van der Waals surface area contributed by atoms with E-state index in [1.54, 1.807) is 0 Å². The Balaban J connectivity index is 1.49. The minimum atomic E-state index is 0.415. The molecule has 3 heterocycles. The summed E-state index contributed by atoms with van der Waals surface area (Å²) in [5, 5.41) is 3.01. The van der Waals surface area contributed by atoms with Crippen molar-refractivity contribution in [1.82, 2.24) is 14.9 Å². The van der Waals surface area contributed by atoms with Gasteiger partial charge in [-0.2, -0.15) is 9.97 Å². The summed E-state index contributed by atoms with van der Waals surface area (Å²) >= 11 is 6.65. The van der Waals surface area contributed by atoms with E-state index in [9.17, 15) is 0 Å². The molecule has 1 saturated heterocycles.